The number of hydrogen-bond donors (Lipinski definition) is 3. The highest BCUT2D eigenvalue weighted by atomic mass is 79.9. The summed E-state index contributed by atoms with van der Waals surface area (Å²) in [6, 6.07) is 8.60. The van der Waals surface area contributed by atoms with Crippen molar-refractivity contribution in [3.63, 3.8) is 0 Å². The zero-order valence-corrected chi connectivity index (χ0v) is 12.7. The molecule has 104 valence electrons. The third-order valence-electron chi connectivity index (χ3n) is 3.77. The Hall–Kier alpha value is -1.07. The average molecular weight is 326 g/mol. The molecule has 5 heteroatoms. The van der Waals surface area contributed by atoms with Gasteiger partial charge in [0, 0.05) is 23.5 Å². The SMILES string of the molecule is C[C@H](NCC1(C/C(N)=N/O)CC1)c1cccc(Br)c1. The maximum absolute atomic E-state index is 8.65. The highest BCUT2D eigenvalue weighted by Crippen LogP contribution is 2.48. The normalized spacial score (nSPS) is 19.2. The van der Waals surface area contributed by atoms with Crippen LogP contribution in [-0.2, 0) is 0 Å². The fourth-order valence-electron chi connectivity index (χ4n) is 2.28. The molecule has 1 aromatic carbocycles. The number of nitrogens with one attached hydrogen (secondary N) is 1. The van der Waals surface area contributed by atoms with Crippen LogP contribution in [0.5, 0.6) is 0 Å². The van der Waals surface area contributed by atoms with E-state index in [2.05, 4.69) is 45.5 Å². The smallest absolute Gasteiger partial charge is 0.139 e. The number of oxime groups is 1. The zero-order chi connectivity index (χ0) is 13.9. The first-order valence-corrected chi connectivity index (χ1v) is 7.29. The van der Waals surface area contributed by atoms with E-state index < -0.39 is 0 Å². The van der Waals surface area contributed by atoms with E-state index in [1.807, 2.05) is 12.1 Å². The average Bonchev–Trinajstić information content (AvgIpc) is 3.16. The summed E-state index contributed by atoms with van der Waals surface area (Å²) in [7, 11) is 0. The number of nitrogens with two attached hydrogens (primary N) is 1. The Morgan fingerprint density at radius 1 is 1.58 bits per heavy atom. The van der Waals surface area contributed by atoms with Crippen LogP contribution in [0.15, 0.2) is 33.9 Å². The second kappa shape index (κ2) is 5.92. The van der Waals surface area contributed by atoms with Crippen LogP contribution in [0.1, 0.15) is 37.8 Å². The maximum Gasteiger partial charge on any atom is 0.139 e. The molecular weight excluding hydrogens is 306 g/mol. The molecular formula is C14H20BrN3O. The summed E-state index contributed by atoms with van der Waals surface area (Å²) in [5.41, 5.74) is 7.05. The van der Waals surface area contributed by atoms with Gasteiger partial charge in [0.15, 0.2) is 0 Å². The minimum Gasteiger partial charge on any atom is -0.409 e. The lowest BCUT2D eigenvalue weighted by Crippen LogP contribution is -2.30. The van der Waals surface area contributed by atoms with Crippen molar-refractivity contribution >= 4 is 21.8 Å². The predicted molar refractivity (Wildman–Crippen MR) is 80.3 cm³/mol. The molecule has 1 fully saturated rings. The predicted octanol–water partition coefficient (Wildman–Crippen LogP) is 3.02. The summed E-state index contributed by atoms with van der Waals surface area (Å²) in [6.07, 6.45) is 2.95. The molecule has 0 unspecified atom stereocenters. The molecule has 1 atom stereocenters. The monoisotopic (exact) mass is 325 g/mol. The molecule has 1 aliphatic rings. The highest BCUT2D eigenvalue weighted by molar-refractivity contribution is 9.10. The number of nitrogens with zero attached hydrogens (tertiary/aromatic N) is 1. The Morgan fingerprint density at radius 3 is 2.89 bits per heavy atom. The molecule has 0 amide bonds. The van der Waals surface area contributed by atoms with Crippen molar-refractivity contribution in [1.82, 2.24) is 5.32 Å². The zero-order valence-electron chi connectivity index (χ0n) is 11.1. The Kier molecular flexibility index (Phi) is 4.47. The van der Waals surface area contributed by atoms with E-state index >= 15 is 0 Å². The van der Waals surface area contributed by atoms with E-state index in [1.165, 1.54) is 5.56 Å². The molecule has 0 aliphatic heterocycles. The first-order valence-electron chi connectivity index (χ1n) is 6.50. The number of amidine groups is 1. The maximum atomic E-state index is 8.65. The van der Waals surface area contributed by atoms with Crippen LogP contribution in [0.25, 0.3) is 0 Å². The second-order valence-electron chi connectivity index (χ2n) is 5.43. The summed E-state index contributed by atoms with van der Waals surface area (Å²) in [4.78, 5) is 0. The summed E-state index contributed by atoms with van der Waals surface area (Å²) < 4.78 is 1.09. The Bertz CT molecular complexity index is 472. The van der Waals surface area contributed by atoms with Crippen LogP contribution in [0, 0.1) is 5.41 Å². The van der Waals surface area contributed by atoms with Crippen molar-refractivity contribution in [3.05, 3.63) is 34.3 Å². The van der Waals surface area contributed by atoms with Crippen molar-refractivity contribution in [2.45, 2.75) is 32.2 Å². The Morgan fingerprint density at radius 2 is 2.32 bits per heavy atom. The van der Waals surface area contributed by atoms with E-state index in [0.717, 1.165) is 23.9 Å². The van der Waals surface area contributed by atoms with Crippen molar-refractivity contribution in [2.24, 2.45) is 16.3 Å². The van der Waals surface area contributed by atoms with Crippen molar-refractivity contribution in [3.8, 4) is 0 Å². The van der Waals surface area contributed by atoms with Crippen LogP contribution in [0.3, 0.4) is 0 Å². The third kappa shape index (κ3) is 3.94. The van der Waals surface area contributed by atoms with Gasteiger partial charge in [-0.05, 0) is 42.9 Å². The topological polar surface area (TPSA) is 70.6 Å². The Labute approximate surface area is 122 Å². The number of halogens is 1. The van der Waals surface area contributed by atoms with Gasteiger partial charge in [0.1, 0.15) is 5.84 Å². The molecule has 0 spiro atoms. The fourth-order valence-corrected chi connectivity index (χ4v) is 2.69. The molecule has 0 heterocycles. The standard InChI is InChI=1S/C14H20BrN3O/c1-10(11-3-2-4-12(15)7-11)17-9-14(5-6-14)8-13(16)18-19/h2-4,7,10,17,19H,5-6,8-9H2,1H3,(H2,16,18)/t10-/m0/s1. The number of rotatable bonds is 6. The molecule has 2 rings (SSSR count). The Balaban J connectivity index is 1.89. The molecule has 4 N–H and O–H groups in total. The summed E-state index contributed by atoms with van der Waals surface area (Å²) >= 11 is 3.49. The third-order valence-corrected chi connectivity index (χ3v) is 4.27. The summed E-state index contributed by atoms with van der Waals surface area (Å²) in [5.74, 6) is 0.328. The van der Waals surface area contributed by atoms with Crippen molar-refractivity contribution in [1.29, 1.82) is 0 Å². The lowest BCUT2D eigenvalue weighted by atomic mass is 10.0. The van der Waals surface area contributed by atoms with Crippen LogP contribution in [0.4, 0.5) is 0 Å². The van der Waals surface area contributed by atoms with Crippen molar-refractivity contribution in [2.75, 3.05) is 6.54 Å². The summed E-state index contributed by atoms with van der Waals surface area (Å²) in [6.45, 7) is 3.05. The molecule has 1 aliphatic carbocycles. The fraction of sp³-hybridized carbons (Fsp3) is 0.500. The van der Waals surface area contributed by atoms with Crippen LogP contribution < -0.4 is 11.1 Å². The number of hydrogen-bond acceptors (Lipinski definition) is 3. The van der Waals surface area contributed by atoms with Gasteiger partial charge >= 0.3 is 0 Å². The van der Waals surface area contributed by atoms with Gasteiger partial charge in [-0.3, -0.25) is 0 Å². The minimum atomic E-state index is 0.191. The van der Waals surface area contributed by atoms with Gasteiger partial charge in [-0.25, -0.2) is 0 Å². The summed E-state index contributed by atoms with van der Waals surface area (Å²) in [5, 5.41) is 15.3. The lowest BCUT2D eigenvalue weighted by molar-refractivity contribution is 0.313. The molecule has 0 radical (unpaired) electrons. The van der Waals surface area contributed by atoms with Gasteiger partial charge < -0.3 is 16.3 Å². The molecule has 1 aromatic rings. The molecule has 4 nitrogen and oxygen atoms in total. The molecule has 0 bridgehead atoms. The first kappa shape index (κ1) is 14.3. The van der Waals surface area contributed by atoms with Crippen LogP contribution in [0.2, 0.25) is 0 Å². The van der Waals surface area contributed by atoms with E-state index in [9.17, 15) is 0 Å². The molecule has 1 saturated carbocycles. The van der Waals surface area contributed by atoms with Gasteiger partial charge in [0.2, 0.25) is 0 Å². The minimum absolute atomic E-state index is 0.191. The first-order chi connectivity index (χ1) is 9.04. The molecule has 0 aromatic heterocycles. The van der Waals surface area contributed by atoms with Crippen LogP contribution in [-0.4, -0.2) is 17.6 Å². The number of benzene rings is 1. The quantitative estimate of drug-likeness (QED) is 0.326. The van der Waals surface area contributed by atoms with Gasteiger partial charge in [-0.15, -0.1) is 0 Å². The lowest BCUT2D eigenvalue weighted by Gasteiger charge is -2.20. The van der Waals surface area contributed by atoms with Gasteiger partial charge in [-0.2, -0.15) is 0 Å². The van der Waals surface area contributed by atoms with Crippen molar-refractivity contribution < 1.29 is 5.21 Å². The molecule has 19 heavy (non-hydrogen) atoms. The molecule has 0 saturated heterocycles. The van der Waals surface area contributed by atoms with Gasteiger partial charge in [0.25, 0.3) is 0 Å². The highest BCUT2D eigenvalue weighted by Gasteiger charge is 2.43. The van der Waals surface area contributed by atoms with Gasteiger partial charge in [0.05, 0.1) is 0 Å². The van der Waals surface area contributed by atoms with Gasteiger partial charge in [-0.1, -0.05) is 33.2 Å². The largest absolute Gasteiger partial charge is 0.409 e. The van der Waals surface area contributed by atoms with E-state index in [0.29, 0.717) is 18.3 Å². The second-order valence-corrected chi connectivity index (χ2v) is 6.34. The van der Waals surface area contributed by atoms with E-state index in [4.69, 9.17) is 10.9 Å². The van der Waals surface area contributed by atoms with E-state index in [-0.39, 0.29) is 5.41 Å². The van der Waals surface area contributed by atoms with Crippen LogP contribution >= 0.6 is 15.9 Å². The van der Waals surface area contributed by atoms with E-state index in [1.54, 1.807) is 0 Å².